The summed E-state index contributed by atoms with van der Waals surface area (Å²) in [4.78, 5) is 14.6. The van der Waals surface area contributed by atoms with Crippen molar-refractivity contribution in [1.82, 2.24) is 4.90 Å². The largest absolute Gasteiger partial charge is 0.493 e. The summed E-state index contributed by atoms with van der Waals surface area (Å²) in [5, 5.41) is 1.76. The van der Waals surface area contributed by atoms with Crippen molar-refractivity contribution in [2.75, 3.05) is 20.3 Å². The molecule has 1 saturated heterocycles. The monoisotopic (exact) mass is 492 g/mol. The Morgan fingerprint density at radius 2 is 2.06 bits per heavy atom. The molecular formula is C22H24N2O5S3. The van der Waals surface area contributed by atoms with E-state index in [4.69, 9.17) is 9.47 Å². The van der Waals surface area contributed by atoms with Crippen LogP contribution in [0.4, 0.5) is 0 Å². The number of methoxy groups -OCH3 is 1. The van der Waals surface area contributed by atoms with Gasteiger partial charge in [0.1, 0.15) is 4.21 Å². The van der Waals surface area contributed by atoms with Gasteiger partial charge in [-0.05, 0) is 53.4 Å². The summed E-state index contributed by atoms with van der Waals surface area (Å²) in [6.07, 6.45) is 5.14. The Balaban J connectivity index is 1.93. The van der Waals surface area contributed by atoms with Crippen LogP contribution in [0.25, 0.3) is 6.08 Å². The minimum absolute atomic E-state index is 0.0995. The van der Waals surface area contributed by atoms with Crippen LogP contribution in [0.2, 0.25) is 0 Å². The Labute approximate surface area is 196 Å². The molecule has 1 fully saturated rings. The van der Waals surface area contributed by atoms with Crippen molar-refractivity contribution >= 4 is 50.3 Å². The molecule has 10 heteroatoms. The molecule has 1 aromatic heterocycles. The van der Waals surface area contributed by atoms with Crippen molar-refractivity contribution in [2.45, 2.75) is 24.0 Å². The Hall–Kier alpha value is -2.56. The Morgan fingerprint density at radius 3 is 2.72 bits per heavy atom. The van der Waals surface area contributed by atoms with Crippen molar-refractivity contribution < 1.29 is 22.7 Å². The molecule has 7 nitrogen and oxygen atoms in total. The number of rotatable bonds is 10. The van der Waals surface area contributed by atoms with Gasteiger partial charge in [-0.2, -0.15) is 8.42 Å². The Kier molecular flexibility index (Phi) is 8.16. The smallest absolute Gasteiger partial charge is 0.294 e. The van der Waals surface area contributed by atoms with Crippen LogP contribution in [0.1, 0.15) is 25.3 Å². The second-order valence-electron chi connectivity index (χ2n) is 6.71. The van der Waals surface area contributed by atoms with E-state index in [1.165, 1.54) is 17.0 Å². The van der Waals surface area contributed by atoms with Gasteiger partial charge in [-0.3, -0.25) is 9.69 Å². The third kappa shape index (κ3) is 5.62. The molecule has 0 saturated carbocycles. The number of carbonyl (C=O) groups is 1. The highest BCUT2D eigenvalue weighted by molar-refractivity contribution is 8.19. The van der Waals surface area contributed by atoms with Crippen LogP contribution < -0.4 is 9.47 Å². The average molecular weight is 493 g/mol. The molecule has 170 valence electrons. The maximum absolute atomic E-state index is 13.0. The van der Waals surface area contributed by atoms with Gasteiger partial charge in [0.05, 0.1) is 18.6 Å². The third-order valence-electron chi connectivity index (χ3n) is 4.39. The lowest BCUT2D eigenvalue weighted by molar-refractivity contribution is -0.121. The van der Waals surface area contributed by atoms with Crippen LogP contribution in [-0.2, 0) is 14.8 Å². The summed E-state index contributed by atoms with van der Waals surface area (Å²) in [5.74, 6) is 0.855. The van der Waals surface area contributed by atoms with Crippen molar-refractivity contribution in [3.05, 3.63) is 58.8 Å². The van der Waals surface area contributed by atoms with E-state index in [9.17, 15) is 13.2 Å². The third-order valence-corrected chi connectivity index (χ3v) is 8.15. The zero-order valence-corrected chi connectivity index (χ0v) is 20.3. The van der Waals surface area contributed by atoms with Gasteiger partial charge in [0.15, 0.2) is 16.7 Å². The number of carbonyl (C=O) groups excluding carboxylic acids is 1. The zero-order chi connectivity index (χ0) is 23.1. The molecule has 3 rings (SSSR count). The maximum atomic E-state index is 13.0. The summed E-state index contributed by atoms with van der Waals surface area (Å²) in [7, 11) is -2.34. The number of unbranched alkanes of at least 4 members (excludes halogenated alkanes) is 1. The van der Waals surface area contributed by atoms with Crippen LogP contribution in [0.15, 0.2) is 61.9 Å². The van der Waals surface area contributed by atoms with Gasteiger partial charge in [0.2, 0.25) is 0 Å². The van der Waals surface area contributed by atoms with Gasteiger partial charge < -0.3 is 9.47 Å². The van der Waals surface area contributed by atoms with E-state index in [-0.39, 0.29) is 21.8 Å². The van der Waals surface area contributed by atoms with Crippen LogP contribution in [0.5, 0.6) is 11.5 Å². The summed E-state index contributed by atoms with van der Waals surface area (Å²) >= 11 is 2.09. The SMILES string of the molecule is C=CCN1C(=O)C(=Cc2ccc(OC)c(OCCCC)c2)SC1=NS(=O)(=O)c1cccs1. The van der Waals surface area contributed by atoms with Crippen LogP contribution in [0.3, 0.4) is 0 Å². The fourth-order valence-electron chi connectivity index (χ4n) is 2.80. The van der Waals surface area contributed by atoms with E-state index in [0.29, 0.717) is 23.0 Å². The second kappa shape index (κ2) is 10.8. The number of thioether (sulfide) groups is 1. The summed E-state index contributed by atoms with van der Waals surface area (Å²) < 4.78 is 40.4. The number of ether oxygens (including phenoxy) is 2. The molecule has 0 radical (unpaired) electrons. The van der Waals surface area contributed by atoms with Gasteiger partial charge in [-0.25, -0.2) is 0 Å². The lowest BCUT2D eigenvalue weighted by Gasteiger charge is -2.12. The van der Waals surface area contributed by atoms with Gasteiger partial charge in [0.25, 0.3) is 15.9 Å². The molecule has 0 unspecified atom stereocenters. The van der Waals surface area contributed by atoms with Gasteiger partial charge in [0, 0.05) is 6.54 Å². The predicted molar refractivity (Wildman–Crippen MR) is 130 cm³/mol. The highest BCUT2D eigenvalue weighted by Gasteiger charge is 2.34. The minimum atomic E-state index is -3.91. The topological polar surface area (TPSA) is 85.3 Å². The molecule has 0 N–H and O–H groups in total. The molecule has 2 aromatic rings. The van der Waals surface area contributed by atoms with E-state index in [2.05, 4.69) is 17.9 Å². The molecule has 1 aliphatic heterocycles. The number of amides is 1. The second-order valence-corrected chi connectivity index (χ2v) is 10.5. The molecule has 2 heterocycles. The standard InChI is InChI=1S/C22H24N2O5S3/c1-4-6-12-29-18-14-16(9-10-17(18)28-3)15-19-21(25)24(11-5-2)22(31-19)23-32(26,27)20-8-7-13-30-20/h5,7-10,13-15H,2,4,6,11-12H2,1,3H3. The van der Waals surface area contributed by atoms with Crippen LogP contribution in [0, 0.1) is 0 Å². The van der Waals surface area contributed by atoms with Crippen molar-refractivity contribution in [1.29, 1.82) is 0 Å². The zero-order valence-electron chi connectivity index (χ0n) is 17.8. The lowest BCUT2D eigenvalue weighted by Crippen LogP contribution is -2.29. The first-order valence-corrected chi connectivity index (χ1v) is 13.0. The fraction of sp³-hybridized carbons (Fsp3) is 0.273. The molecule has 1 aromatic carbocycles. The number of sulfonamides is 1. The lowest BCUT2D eigenvalue weighted by atomic mass is 10.2. The first kappa shape index (κ1) is 24.1. The van der Waals surface area contributed by atoms with Crippen molar-refractivity contribution in [3.63, 3.8) is 0 Å². The Bertz CT molecular complexity index is 1140. The highest BCUT2D eigenvalue weighted by Crippen LogP contribution is 2.36. The highest BCUT2D eigenvalue weighted by atomic mass is 32.2. The number of hydrogen-bond acceptors (Lipinski definition) is 7. The van der Waals surface area contributed by atoms with Crippen molar-refractivity contribution in [3.8, 4) is 11.5 Å². The normalized spacial score (nSPS) is 16.7. The molecule has 0 bridgehead atoms. The van der Waals surface area contributed by atoms with Gasteiger partial charge >= 0.3 is 0 Å². The van der Waals surface area contributed by atoms with E-state index in [1.807, 2.05) is 6.07 Å². The Morgan fingerprint density at radius 1 is 1.25 bits per heavy atom. The van der Waals surface area contributed by atoms with E-state index < -0.39 is 10.0 Å². The quantitative estimate of drug-likeness (QED) is 0.270. The molecule has 0 aliphatic carbocycles. The summed E-state index contributed by atoms with van der Waals surface area (Å²) in [6, 6.07) is 8.50. The van der Waals surface area contributed by atoms with E-state index in [0.717, 1.165) is 41.5 Å². The van der Waals surface area contributed by atoms with E-state index in [1.54, 1.807) is 36.8 Å². The number of amidine groups is 1. The molecule has 1 aliphatic rings. The van der Waals surface area contributed by atoms with Crippen LogP contribution in [-0.4, -0.2) is 44.7 Å². The first-order chi connectivity index (χ1) is 15.4. The molecule has 0 atom stereocenters. The number of hydrogen-bond donors (Lipinski definition) is 0. The van der Waals surface area contributed by atoms with Gasteiger partial charge in [-0.1, -0.05) is 31.6 Å². The summed E-state index contributed by atoms with van der Waals surface area (Å²) in [5.41, 5.74) is 0.731. The first-order valence-electron chi connectivity index (χ1n) is 9.91. The van der Waals surface area contributed by atoms with E-state index >= 15 is 0 Å². The van der Waals surface area contributed by atoms with Gasteiger partial charge in [-0.15, -0.1) is 22.3 Å². The number of benzene rings is 1. The molecule has 32 heavy (non-hydrogen) atoms. The minimum Gasteiger partial charge on any atom is -0.493 e. The summed E-state index contributed by atoms with van der Waals surface area (Å²) in [6.45, 7) is 6.45. The maximum Gasteiger partial charge on any atom is 0.294 e. The van der Waals surface area contributed by atoms with Crippen LogP contribution >= 0.6 is 23.1 Å². The predicted octanol–water partition coefficient (Wildman–Crippen LogP) is 4.78. The molecular weight excluding hydrogens is 468 g/mol. The van der Waals surface area contributed by atoms with Crippen molar-refractivity contribution in [2.24, 2.45) is 4.40 Å². The average Bonchev–Trinajstić information content (AvgIpc) is 3.40. The fourth-order valence-corrected chi connectivity index (χ4v) is 5.96. The molecule has 0 spiro atoms. The molecule has 1 amide bonds. The number of thiophene rings is 1. The number of nitrogens with zero attached hydrogens (tertiary/aromatic N) is 2.